The highest BCUT2D eigenvalue weighted by atomic mass is 16.4. The zero-order valence-corrected chi connectivity index (χ0v) is 10.9. The zero-order chi connectivity index (χ0) is 14.5. The molecular weight excluding hydrogens is 254 g/mol. The Bertz CT molecular complexity index is 673. The van der Waals surface area contributed by atoms with Gasteiger partial charge in [0.2, 0.25) is 0 Å². The second-order valence-electron chi connectivity index (χ2n) is 4.35. The Morgan fingerprint density at radius 1 is 1.35 bits per heavy atom. The van der Waals surface area contributed by atoms with Gasteiger partial charge in [0.25, 0.3) is 0 Å². The fourth-order valence-corrected chi connectivity index (χ4v) is 1.77. The number of nitrogens with one attached hydrogen (secondary N) is 1. The van der Waals surface area contributed by atoms with Crippen LogP contribution < -0.4 is 5.32 Å². The van der Waals surface area contributed by atoms with E-state index >= 15 is 0 Å². The fourth-order valence-electron chi connectivity index (χ4n) is 1.77. The van der Waals surface area contributed by atoms with Gasteiger partial charge < -0.3 is 10.4 Å². The molecule has 1 aromatic carbocycles. The zero-order valence-electron chi connectivity index (χ0n) is 10.9. The number of benzene rings is 1. The third-order valence-electron chi connectivity index (χ3n) is 2.76. The van der Waals surface area contributed by atoms with Gasteiger partial charge in [0.15, 0.2) is 0 Å². The van der Waals surface area contributed by atoms with Gasteiger partial charge in [-0.05, 0) is 36.8 Å². The minimum absolute atomic E-state index is 0.208. The number of anilines is 1. The lowest BCUT2D eigenvalue weighted by Crippen LogP contribution is -2.05. The van der Waals surface area contributed by atoms with E-state index in [9.17, 15) is 4.79 Å². The Morgan fingerprint density at radius 3 is 2.65 bits per heavy atom. The van der Waals surface area contributed by atoms with Gasteiger partial charge in [0.05, 0.1) is 17.2 Å². The summed E-state index contributed by atoms with van der Waals surface area (Å²) in [6.45, 7) is 2.26. The summed E-state index contributed by atoms with van der Waals surface area (Å²) in [7, 11) is 0. The molecule has 2 aromatic rings. The molecule has 0 saturated carbocycles. The van der Waals surface area contributed by atoms with Gasteiger partial charge >= 0.3 is 5.97 Å². The predicted octanol–water partition coefficient (Wildman–Crippen LogP) is 2.57. The van der Waals surface area contributed by atoms with Crippen LogP contribution in [-0.2, 0) is 6.54 Å². The topological polar surface area (TPSA) is 86.0 Å². The van der Waals surface area contributed by atoms with Crippen molar-refractivity contribution in [3.05, 3.63) is 58.8 Å². The molecule has 1 aromatic heterocycles. The number of carboxylic acid groups (broad SMARTS) is 1. The summed E-state index contributed by atoms with van der Waals surface area (Å²) in [5, 5.41) is 20.8. The van der Waals surface area contributed by atoms with Crippen molar-refractivity contribution < 1.29 is 9.90 Å². The molecule has 100 valence electrons. The number of rotatable bonds is 4. The van der Waals surface area contributed by atoms with Crippen LogP contribution >= 0.6 is 0 Å². The Labute approximate surface area is 116 Å². The number of pyridine rings is 1. The molecule has 0 unspecified atom stereocenters. The number of hydrogen-bond donors (Lipinski definition) is 2. The first-order valence-electron chi connectivity index (χ1n) is 6.03. The van der Waals surface area contributed by atoms with E-state index in [4.69, 9.17) is 10.4 Å². The number of aryl methyl sites for hydroxylation is 1. The molecule has 20 heavy (non-hydrogen) atoms. The van der Waals surface area contributed by atoms with Crippen molar-refractivity contribution >= 4 is 11.8 Å². The van der Waals surface area contributed by atoms with Crippen LogP contribution in [0.1, 0.15) is 27.2 Å². The smallest absolute Gasteiger partial charge is 0.335 e. The maximum atomic E-state index is 11.0. The summed E-state index contributed by atoms with van der Waals surface area (Å²) in [6.07, 6.45) is 0. The summed E-state index contributed by atoms with van der Waals surface area (Å²) >= 11 is 0. The monoisotopic (exact) mass is 267 g/mol. The summed E-state index contributed by atoms with van der Waals surface area (Å²) in [5.41, 5.74) is 2.45. The molecule has 0 aliphatic rings. The van der Waals surface area contributed by atoms with E-state index in [-0.39, 0.29) is 5.56 Å². The summed E-state index contributed by atoms with van der Waals surface area (Å²) in [6, 6.07) is 12.3. The normalized spacial score (nSPS) is 9.80. The number of nitriles is 1. The summed E-state index contributed by atoms with van der Waals surface area (Å²) in [4.78, 5) is 15.2. The van der Waals surface area contributed by atoms with Crippen molar-refractivity contribution in [2.24, 2.45) is 0 Å². The minimum Gasteiger partial charge on any atom is -0.478 e. The third kappa shape index (κ3) is 3.33. The number of nitrogens with zero attached hydrogens (tertiary/aromatic N) is 2. The second kappa shape index (κ2) is 5.85. The van der Waals surface area contributed by atoms with Crippen molar-refractivity contribution in [3.8, 4) is 6.07 Å². The van der Waals surface area contributed by atoms with E-state index < -0.39 is 5.97 Å². The third-order valence-corrected chi connectivity index (χ3v) is 2.76. The highest BCUT2D eigenvalue weighted by molar-refractivity contribution is 5.88. The average Bonchev–Trinajstić information content (AvgIpc) is 2.45. The van der Waals surface area contributed by atoms with E-state index in [1.54, 1.807) is 19.1 Å². The SMILES string of the molecule is Cc1cc(C(=O)O)cc(NCc2ccc(C#N)cc2)n1. The Kier molecular flexibility index (Phi) is 3.96. The second-order valence-corrected chi connectivity index (χ2v) is 4.35. The fraction of sp³-hybridized carbons (Fsp3) is 0.133. The molecule has 0 bridgehead atoms. The number of aromatic carboxylic acids is 1. The Balaban J connectivity index is 2.10. The van der Waals surface area contributed by atoms with Gasteiger partial charge in [-0.2, -0.15) is 5.26 Å². The van der Waals surface area contributed by atoms with Gasteiger partial charge in [-0.15, -0.1) is 0 Å². The van der Waals surface area contributed by atoms with E-state index in [1.165, 1.54) is 12.1 Å². The Hall–Kier alpha value is -2.87. The van der Waals surface area contributed by atoms with Crippen LogP contribution in [0.5, 0.6) is 0 Å². The van der Waals surface area contributed by atoms with Crippen molar-refractivity contribution in [2.75, 3.05) is 5.32 Å². The van der Waals surface area contributed by atoms with Crippen molar-refractivity contribution in [1.29, 1.82) is 5.26 Å². The molecule has 0 amide bonds. The largest absolute Gasteiger partial charge is 0.478 e. The first-order valence-corrected chi connectivity index (χ1v) is 6.03. The molecule has 0 radical (unpaired) electrons. The molecule has 0 fully saturated rings. The molecule has 0 aliphatic heterocycles. The number of carbonyl (C=O) groups is 1. The first-order chi connectivity index (χ1) is 9.58. The molecule has 0 spiro atoms. The molecule has 2 N–H and O–H groups in total. The minimum atomic E-state index is -0.975. The van der Waals surface area contributed by atoms with Gasteiger partial charge in [-0.1, -0.05) is 12.1 Å². The predicted molar refractivity (Wildman–Crippen MR) is 74.4 cm³/mol. The van der Waals surface area contributed by atoms with Crippen LogP contribution in [0.3, 0.4) is 0 Å². The van der Waals surface area contributed by atoms with E-state index in [1.807, 2.05) is 12.1 Å². The van der Waals surface area contributed by atoms with Crippen molar-refractivity contribution in [2.45, 2.75) is 13.5 Å². The molecule has 1 heterocycles. The van der Waals surface area contributed by atoms with Gasteiger partial charge in [-0.25, -0.2) is 9.78 Å². The van der Waals surface area contributed by atoms with Crippen molar-refractivity contribution in [1.82, 2.24) is 4.98 Å². The quantitative estimate of drug-likeness (QED) is 0.889. The highest BCUT2D eigenvalue weighted by Crippen LogP contribution is 2.12. The lowest BCUT2D eigenvalue weighted by Gasteiger charge is -2.08. The molecule has 5 nitrogen and oxygen atoms in total. The lowest BCUT2D eigenvalue weighted by molar-refractivity contribution is 0.0696. The van der Waals surface area contributed by atoms with Gasteiger partial charge in [-0.3, -0.25) is 0 Å². The van der Waals surface area contributed by atoms with Crippen LogP contribution in [0.15, 0.2) is 36.4 Å². The van der Waals surface area contributed by atoms with E-state index in [2.05, 4.69) is 16.4 Å². The highest BCUT2D eigenvalue weighted by Gasteiger charge is 2.06. The van der Waals surface area contributed by atoms with Gasteiger partial charge in [0, 0.05) is 12.2 Å². The lowest BCUT2D eigenvalue weighted by atomic mass is 10.1. The average molecular weight is 267 g/mol. The summed E-state index contributed by atoms with van der Waals surface area (Å²) < 4.78 is 0. The Morgan fingerprint density at radius 2 is 2.05 bits per heavy atom. The number of hydrogen-bond acceptors (Lipinski definition) is 4. The van der Waals surface area contributed by atoms with Crippen molar-refractivity contribution in [3.63, 3.8) is 0 Å². The van der Waals surface area contributed by atoms with E-state index in [0.717, 1.165) is 5.56 Å². The maximum absolute atomic E-state index is 11.0. The molecule has 0 aliphatic carbocycles. The molecule has 0 saturated heterocycles. The van der Waals surface area contributed by atoms with Gasteiger partial charge in [0.1, 0.15) is 5.82 Å². The first kappa shape index (κ1) is 13.6. The summed E-state index contributed by atoms with van der Waals surface area (Å²) in [5.74, 6) is -0.455. The number of carboxylic acids is 1. The number of aromatic nitrogens is 1. The van der Waals surface area contributed by atoms with Crippen LogP contribution in [0, 0.1) is 18.3 Å². The van der Waals surface area contributed by atoms with Crippen LogP contribution in [0.25, 0.3) is 0 Å². The molecule has 2 rings (SSSR count). The molecule has 5 heteroatoms. The molecular formula is C15H13N3O2. The van der Waals surface area contributed by atoms with Crippen LogP contribution in [0.4, 0.5) is 5.82 Å². The standard InChI is InChI=1S/C15H13N3O2/c1-10-6-13(15(19)20)7-14(18-10)17-9-12-4-2-11(8-16)3-5-12/h2-7H,9H2,1H3,(H,17,18)(H,19,20). The maximum Gasteiger partial charge on any atom is 0.335 e. The van der Waals surface area contributed by atoms with Crippen LogP contribution in [0.2, 0.25) is 0 Å². The van der Waals surface area contributed by atoms with Crippen LogP contribution in [-0.4, -0.2) is 16.1 Å². The van der Waals surface area contributed by atoms with E-state index in [0.29, 0.717) is 23.6 Å². The molecule has 0 atom stereocenters.